The van der Waals surface area contributed by atoms with Crippen LogP contribution in [0.2, 0.25) is 0 Å². The average Bonchev–Trinajstić information content (AvgIpc) is 2.79. The molecule has 0 aromatic heterocycles. The molecular formula is C17H18F3N3O2. The van der Waals surface area contributed by atoms with Crippen molar-refractivity contribution in [2.45, 2.75) is 44.3 Å². The maximum absolute atomic E-state index is 12.6. The molecule has 0 bridgehead atoms. The number of halogens is 3. The third-order valence-electron chi connectivity index (χ3n) is 4.83. The van der Waals surface area contributed by atoms with Gasteiger partial charge in [0.25, 0.3) is 5.91 Å². The minimum absolute atomic E-state index is 0.367. The van der Waals surface area contributed by atoms with E-state index in [4.69, 9.17) is 0 Å². The number of carbonyl (C=O) groups excluding carboxylic acids is 2. The molecular weight excluding hydrogens is 335 g/mol. The summed E-state index contributed by atoms with van der Waals surface area (Å²) in [6.45, 7) is 2.11. The number of alkyl halides is 3. The van der Waals surface area contributed by atoms with Gasteiger partial charge in [-0.2, -0.15) is 18.3 Å². The summed E-state index contributed by atoms with van der Waals surface area (Å²) in [6, 6.07) is 3.74. The molecule has 0 unspecified atom stereocenters. The number of nitrogens with zero attached hydrogens (tertiary/aromatic N) is 2. The van der Waals surface area contributed by atoms with Crippen molar-refractivity contribution in [2.75, 3.05) is 0 Å². The first-order valence-corrected chi connectivity index (χ1v) is 8.09. The van der Waals surface area contributed by atoms with Gasteiger partial charge in [-0.3, -0.25) is 4.79 Å². The SMILES string of the molecule is CC1CCC2(CC1)NC(=O)N(/N=C/c1ccc(C(F)(F)F)cc1)C2=O. The van der Waals surface area contributed by atoms with E-state index in [9.17, 15) is 22.8 Å². The van der Waals surface area contributed by atoms with E-state index in [2.05, 4.69) is 17.3 Å². The normalized spacial score (nSPS) is 27.4. The molecule has 3 rings (SSSR count). The largest absolute Gasteiger partial charge is 0.416 e. The van der Waals surface area contributed by atoms with E-state index in [1.807, 2.05) is 0 Å². The molecule has 2 fully saturated rings. The van der Waals surface area contributed by atoms with Crippen molar-refractivity contribution in [1.29, 1.82) is 0 Å². The Labute approximate surface area is 142 Å². The van der Waals surface area contributed by atoms with Crippen molar-refractivity contribution in [3.05, 3.63) is 35.4 Å². The minimum atomic E-state index is -4.41. The second kappa shape index (κ2) is 6.16. The number of amides is 3. The van der Waals surface area contributed by atoms with E-state index >= 15 is 0 Å². The summed E-state index contributed by atoms with van der Waals surface area (Å²) in [5.41, 5.74) is -1.29. The van der Waals surface area contributed by atoms with Crippen LogP contribution in [-0.4, -0.2) is 28.7 Å². The van der Waals surface area contributed by atoms with Gasteiger partial charge in [0.05, 0.1) is 11.8 Å². The van der Waals surface area contributed by atoms with Crippen molar-refractivity contribution < 1.29 is 22.8 Å². The number of carbonyl (C=O) groups is 2. The van der Waals surface area contributed by atoms with E-state index < -0.39 is 29.2 Å². The fourth-order valence-electron chi connectivity index (χ4n) is 3.19. The van der Waals surface area contributed by atoms with E-state index in [1.165, 1.54) is 18.3 Å². The van der Waals surface area contributed by atoms with Gasteiger partial charge in [-0.25, -0.2) is 4.79 Å². The molecule has 1 saturated heterocycles. The Morgan fingerprint density at radius 1 is 1.20 bits per heavy atom. The van der Waals surface area contributed by atoms with Gasteiger partial charge in [0, 0.05) is 0 Å². The Balaban J connectivity index is 1.73. The molecule has 1 aromatic carbocycles. The van der Waals surface area contributed by atoms with Gasteiger partial charge in [0.2, 0.25) is 0 Å². The maximum Gasteiger partial charge on any atom is 0.416 e. The summed E-state index contributed by atoms with van der Waals surface area (Å²) in [6.07, 6.45) is -0.353. The lowest BCUT2D eigenvalue weighted by Crippen LogP contribution is -2.49. The molecule has 1 saturated carbocycles. The second-order valence-corrected chi connectivity index (χ2v) is 6.68. The smallest absolute Gasteiger partial charge is 0.321 e. The molecule has 3 amide bonds. The monoisotopic (exact) mass is 353 g/mol. The molecule has 5 nitrogen and oxygen atoms in total. The Kier molecular flexibility index (Phi) is 4.30. The summed E-state index contributed by atoms with van der Waals surface area (Å²) in [5, 5.41) is 7.38. The molecule has 134 valence electrons. The van der Waals surface area contributed by atoms with Gasteiger partial charge in [0.1, 0.15) is 5.54 Å². The number of benzene rings is 1. The number of imide groups is 1. The number of rotatable bonds is 2. The fraction of sp³-hybridized carbons (Fsp3) is 0.471. The van der Waals surface area contributed by atoms with Crippen LogP contribution in [0.5, 0.6) is 0 Å². The summed E-state index contributed by atoms with van der Waals surface area (Å²) in [7, 11) is 0. The molecule has 1 aliphatic carbocycles. The van der Waals surface area contributed by atoms with Crippen LogP contribution in [0.3, 0.4) is 0 Å². The Bertz CT molecular complexity index is 705. The molecule has 1 aliphatic heterocycles. The summed E-state index contributed by atoms with van der Waals surface area (Å²) < 4.78 is 37.6. The highest BCUT2D eigenvalue weighted by Crippen LogP contribution is 2.36. The second-order valence-electron chi connectivity index (χ2n) is 6.68. The highest BCUT2D eigenvalue weighted by molar-refractivity contribution is 6.07. The quantitative estimate of drug-likeness (QED) is 0.653. The zero-order valence-electron chi connectivity index (χ0n) is 13.6. The first kappa shape index (κ1) is 17.4. The number of urea groups is 1. The summed E-state index contributed by atoms with van der Waals surface area (Å²) in [4.78, 5) is 24.7. The van der Waals surface area contributed by atoms with Crippen LogP contribution in [0, 0.1) is 5.92 Å². The van der Waals surface area contributed by atoms with E-state index in [0.29, 0.717) is 24.3 Å². The van der Waals surface area contributed by atoms with Crippen LogP contribution in [-0.2, 0) is 11.0 Å². The number of nitrogens with one attached hydrogen (secondary N) is 1. The van der Waals surface area contributed by atoms with Crippen molar-refractivity contribution >= 4 is 18.2 Å². The molecule has 1 aromatic rings. The summed E-state index contributed by atoms with van der Waals surface area (Å²) >= 11 is 0. The predicted molar refractivity (Wildman–Crippen MR) is 84.8 cm³/mol. The molecule has 0 radical (unpaired) electrons. The van der Waals surface area contributed by atoms with Crippen LogP contribution in [0.25, 0.3) is 0 Å². The van der Waals surface area contributed by atoms with Crippen LogP contribution < -0.4 is 5.32 Å². The van der Waals surface area contributed by atoms with Crippen LogP contribution in [0.15, 0.2) is 29.4 Å². The molecule has 2 aliphatic rings. The topological polar surface area (TPSA) is 61.8 Å². The number of hydrogen-bond donors (Lipinski definition) is 1. The Morgan fingerprint density at radius 3 is 2.36 bits per heavy atom. The lowest BCUT2D eigenvalue weighted by atomic mass is 9.77. The zero-order chi connectivity index (χ0) is 18.2. The van der Waals surface area contributed by atoms with Crippen molar-refractivity contribution in [1.82, 2.24) is 10.3 Å². The predicted octanol–water partition coefficient (Wildman–Crippen LogP) is 3.54. The van der Waals surface area contributed by atoms with Gasteiger partial charge >= 0.3 is 12.2 Å². The van der Waals surface area contributed by atoms with Gasteiger partial charge in [-0.15, -0.1) is 5.01 Å². The molecule has 0 atom stereocenters. The third kappa shape index (κ3) is 3.38. The highest BCUT2D eigenvalue weighted by Gasteiger charge is 2.52. The highest BCUT2D eigenvalue weighted by atomic mass is 19.4. The first-order chi connectivity index (χ1) is 11.7. The zero-order valence-corrected chi connectivity index (χ0v) is 13.6. The van der Waals surface area contributed by atoms with E-state index in [1.54, 1.807) is 0 Å². The van der Waals surface area contributed by atoms with Crippen LogP contribution >= 0.6 is 0 Å². The van der Waals surface area contributed by atoms with Crippen molar-refractivity contribution in [2.24, 2.45) is 11.0 Å². The molecule has 1 N–H and O–H groups in total. The maximum atomic E-state index is 12.6. The molecule has 8 heteroatoms. The standard InChI is InChI=1S/C17H18F3N3O2/c1-11-6-8-16(9-7-11)14(24)23(15(25)22-16)21-10-12-2-4-13(5-3-12)17(18,19)20/h2-5,10-11H,6-9H2,1H3,(H,22,25)/b21-10+. The molecule has 1 heterocycles. The number of hydrogen-bond acceptors (Lipinski definition) is 3. The lowest BCUT2D eigenvalue weighted by molar-refractivity contribution is -0.137. The first-order valence-electron chi connectivity index (χ1n) is 8.09. The van der Waals surface area contributed by atoms with Crippen molar-refractivity contribution in [3.8, 4) is 0 Å². The molecule has 25 heavy (non-hydrogen) atoms. The number of hydrazone groups is 1. The van der Waals surface area contributed by atoms with Gasteiger partial charge in [-0.1, -0.05) is 19.1 Å². The summed E-state index contributed by atoms with van der Waals surface area (Å²) in [5.74, 6) is 0.118. The van der Waals surface area contributed by atoms with Crippen LogP contribution in [0.4, 0.5) is 18.0 Å². The van der Waals surface area contributed by atoms with Crippen molar-refractivity contribution in [3.63, 3.8) is 0 Å². The van der Waals surface area contributed by atoms with Gasteiger partial charge in [0.15, 0.2) is 0 Å². The van der Waals surface area contributed by atoms with Gasteiger partial charge in [-0.05, 0) is 49.3 Å². The Hall–Kier alpha value is -2.38. The van der Waals surface area contributed by atoms with E-state index in [-0.39, 0.29) is 0 Å². The average molecular weight is 353 g/mol. The van der Waals surface area contributed by atoms with Crippen LogP contribution in [0.1, 0.15) is 43.7 Å². The van der Waals surface area contributed by atoms with Gasteiger partial charge < -0.3 is 5.32 Å². The minimum Gasteiger partial charge on any atom is -0.321 e. The third-order valence-corrected chi connectivity index (χ3v) is 4.83. The molecule has 1 spiro atoms. The lowest BCUT2D eigenvalue weighted by Gasteiger charge is -2.33. The Morgan fingerprint density at radius 2 is 1.80 bits per heavy atom. The van der Waals surface area contributed by atoms with E-state index in [0.717, 1.165) is 30.0 Å². The fourth-order valence-corrected chi connectivity index (χ4v) is 3.19.